The van der Waals surface area contributed by atoms with Crippen molar-refractivity contribution in [1.29, 1.82) is 0 Å². The Balaban J connectivity index is 1.68. The predicted octanol–water partition coefficient (Wildman–Crippen LogP) is 9.71. The highest BCUT2D eigenvalue weighted by Crippen LogP contribution is 2.45. The average molecular weight is 429 g/mol. The normalized spacial score (nSPS) is 12.1. The van der Waals surface area contributed by atoms with Crippen LogP contribution in [0, 0.1) is 0 Å². The van der Waals surface area contributed by atoms with Crippen LogP contribution in [0.2, 0.25) is 0 Å². The first-order chi connectivity index (χ1) is 16.9. The van der Waals surface area contributed by atoms with Crippen LogP contribution in [0.4, 0.5) is 0 Å². The molecule has 0 nitrogen and oxygen atoms in total. The lowest BCUT2D eigenvalue weighted by Gasteiger charge is -2.18. The molecule has 8 rings (SSSR count). The Hall–Kier alpha value is -4.42. The second kappa shape index (κ2) is 6.56. The standard InChI is InChI=1S/C34H20/c1-2-9-21(10-3-1)23-13-6-14-25-27-16-8-17-28-31-19-22-11-4-5-12-24(22)26-15-7-18-29(33(26)31)32(34(27)28)20-30(23)25/h1-20H. The Bertz CT molecular complexity index is 2050. The van der Waals surface area contributed by atoms with E-state index in [1.807, 2.05) is 0 Å². The van der Waals surface area contributed by atoms with Crippen molar-refractivity contribution >= 4 is 64.6 Å². The third kappa shape index (κ3) is 2.27. The highest BCUT2D eigenvalue weighted by molar-refractivity contribution is 6.39. The summed E-state index contributed by atoms with van der Waals surface area (Å²) in [6.07, 6.45) is 0. The van der Waals surface area contributed by atoms with Gasteiger partial charge in [-0.25, -0.2) is 0 Å². The number of benzene rings is 8. The van der Waals surface area contributed by atoms with Gasteiger partial charge >= 0.3 is 0 Å². The molecule has 34 heavy (non-hydrogen) atoms. The Kier molecular flexibility index (Phi) is 3.48. The van der Waals surface area contributed by atoms with Gasteiger partial charge in [0.05, 0.1) is 0 Å². The molecular weight excluding hydrogens is 408 g/mol. The van der Waals surface area contributed by atoms with E-state index >= 15 is 0 Å². The van der Waals surface area contributed by atoms with Gasteiger partial charge in [0.2, 0.25) is 0 Å². The summed E-state index contributed by atoms with van der Waals surface area (Å²) < 4.78 is 0. The smallest absolute Gasteiger partial charge is 0.00199 e. The summed E-state index contributed by atoms with van der Waals surface area (Å²) in [5, 5.41) is 16.0. The lowest BCUT2D eigenvalue weighted by molar-refractivity contribution is 1.66. The van der Waals surface area contributed by atoms with Gasteiger partial charge in [-0.1, -0.05) is 109 Å². The van der Waals surface area contributed by atoms with Crippen LogP contribution in [0.15, 0.2) is 121 Å². The van der Waals surface area contributed by atoms with Crippen LogP contribution in [0.25, 0.3) is 75.8 Å². The first-order valence-corrected chi connectivity index (χ1v) is 11.9. The van der Waals surface area contributed by atoms with E-state index in [1.165, 1.54) is 75.8 Å². The summed E-state index contributed by atoms with van der Waals surface area (Å²) in [5.74, 6) is 0. The largest absolute Gasteiger partial charge is 0.0622 e. The van der Waals surface area contributed by atoms with Crippen molar-refractivity contribution < 1.29 is 0 Å². The predicted molar refractivity (Wildman–Crippen MR) is 148 cm³/mol. The molecule has 0 aliphatic carbocycles. The molecule has 0 radical (unpaired) electrons. The summed E-state index contributed by atoms with van der Waals surface area (Å²) >= 11 is 0. The van der Waals surface area contributed by atoms with Crippen LogP contribution in [0.3, 0.4) is 0 Å². The zero-order chi connectivity index (χ0) is 22.2. The highest BCUT2D eigenvalue weighted by atomic mass is 14.2. The average Bonchev–Trinajstić information content (AvgIpc) is 2.91. The Morgan fingerprint density at radius 3 is 1.59 bits per heavy atom. The molecule has 0 fully saturated rings. The van der Waals surface area contributed by atoms with E-state index in [9.17, 15) is 0 Å². The number of rotatable bonds is 1. The van der Waals surface area contributed by atoms with Crippen LogP contribution >= 0.6 is 0 Å². The van der Waals surface area contributed by atoms with Crippen LogP contribution in [0.1, 0.15) is 0 Å². The molecule has 0 aliphatic heterocycles. The van der Waals surface area contributed by atoms with E-state index in [-0.39, 0.29) is 0 Å². The van der Waals surface area contributed by atoms with Gasteiger partial charge in [-0.15, -0.1) is 0 Å². The fourth-order valence-electron chi connectivity index (χ4n) is 6.14. The zero-order valence-corrected chi connectivity index (χ0v) is 18.5. The number of hydrogen-bond donors (Lipinski definition) is 0. The monoisotopic (exact) mass is 428 g/mol. The summed E-state index contributed by atoms with van der Waals surface area (Å²) in [4.78, 5) is 0. The second-order valence-corrected chi connectivity index (χ2v) is 9.29. The van der Waals surface area contributed by atoms with E-state index in [0.29, 0.717) is 0 Å². The topological polar surface area (TPSA) is 0 Å². The first kappa shape index (κ1) is 18.1. The van der Waals surface area contributed by atoms with Gasteiger partial charge in [0.15, 0.2) is 0 Å². The quantitative estimate of drug-likeness (QED) is 0.180. The van der Waals surface area contributed by atoms with Crippen LogP contribution in [-0.4, -0.2) is 0 Å². The highest BCUT2D eigenvalue weighted by Gasteiger charge is 2.17. The van der Waals surface area contributed by atoms with Gasteiger partial charge in [0.25, 0.3) is 0 Å². The SMILES string of the molecule is c1ccc(-c2cccc3c2cc2c4cccc5c6ccccc6cc(c6cccc3c62)c54)cc1. The fraction of sp³-hybridized carbons (Fsp3) is 0. The maximum absolute atomic E-state index is 2.44. The van der Waals surface area contributed by atoms with E-state index in [0.717, 1.165) is 0 Å². The minimum Gasteiger partial charge on any atom is -0.0622 e. The lowest BCUT2D eigenvalue weighted by Crippen LogP contribution is -1.90. The van der Waals surface area contributed by atoms with Gasteiger partial charge in [-0.05, 0) is 87.9 Å². The number of hydrogen-bond acceptors (Lipinski definition) is 0. The summed E-state index contributed by atoms with van der Waals surface area (Å²) in [6.45, 7) is 0. The molecule has 156 valence electrons. The van der Waals surface area contributed by atoms with Crippen molar-refractivity contribution in [3.05, 3.63) is 121 Å². The molecule has 0 heterocycles. The molecule has 0 aliphatic rings. The molecule has 0 N–H and O–H groups in total. The van der Waals surface area contributed by atoms with Crippen molar-refractivity contribution in [1.82, 2.24) is 0 Å². The molecule has 0 spiro atoms. The molecule has 0 saturated heterocycles. The molecule has 0 saturated carbocycles. The minimum absolute atomic E-state index is 1.26. The van der Waals surface area contributed by atoms with Gasteiger partial charge in [-0.2, -0.15) is 0 Å². The lowest BCUT2D eigenvalue weighted by atomic mass is 9.85. The van der Waals surface area contributed by atoms with Crippen molar-refractivity contribution in [2.24, 2.45) is 0 Å². The second-order valence-electron chi connectivity index (χ2n) is 9.29. The van der Waals surface area contributed by atoms with Crippen LogP contribution in [0.5, 0.6) is 0 Å². The Labute approximate surface area is 197 Å². The summed E-state index contributed by atoms with van der Waals surface area (Å²) in [7, 11) is 0. The van der Waals surface area contributed by atoms with Crippen LogP contribution < -0.4 is 0 Å². The molecule has 8 aromatic carbocycles. The maximum atomic E-state index is 2.44. The third-order valence-corrected chi connectivity index (χ3v) is 7.57. The zero-order valence-electron chi connectivity index (χ0n) is 18.5. The van der Waals surface area contributed by atoms with Gasteiger partial charge in [0, 0.05) is 0 Å². The summed E-state index contributed by atoms with van der Waals surface area (Å²) in [6, 6.07) is 44.7. The van der Waals surface area contributed by atoms with Crippen molar-refractivity contribution in [3.63, 3.8) is 0 Å². The minimum atomic E-state index is 1.26. The molecule has 0 amide bonds. The molecule has 0 heteroatoms. The Morgan fingerprint density at radius 1 is 0.294 bits per heavy atom. The molecule has 0 aromatic heterocycles. The Morgan fingerprint density at radius 2 is 0.824 bits per heavy atom. The van der Waals surface area contributed by atoms with Gasteiger partial charge in [0.1, 0.15) is 0 Å². The van der Waals surface area contributed by atoms with Gasteiger partial charge < -0.3 is 0 Å². The van der Waals surface area contributed by atoms with Gasteiger partial charge in [-0.3, -0.25) is 0 Å². The van der Waals surface area contributed by atoms with Crippen molar-refractivity contribution in [3.8, 4) is 11.1 Å². The number of fused-ring (bicyclic) bond motifs is 6. The van der Waals surface area contributed by atoms with E-state index in [4.69, 9.17) is 0 Å². The van der Waals surface area contributed by atoms with Crippen molar-refractivity contribution in [2.45, 2.75) is 0 Å². The molecular formula is C34H20. The van der Waals surface area contributed by atoms with Crippen LogP contribution in [-0.2, 0) is 0 Å². The van der Waals surface area contributed by atoms with E-state index in [1.54, 1.807) is 0 Å². The van der Waals surface area contributed by atoms with E-state index in [2.05, 4.69) is 121 Å². The molecule has 0 atom stereocenters. The molecule has 0 unspecified atom stereocenters. The van der Waals surface area contributed by atoms with E-state index < -0.39 is 0 Å². The molecule has 0 bridgehead atoms. The molecule has 8 aromatic rings. The van der Waals surface area contributed by atoms with Crippen molar-refractivity contribution in [2.75, 3.05) is 0 Å². The third-order valence-electron chi connectivity index (χ3n) is 7.57. The maximum Gasteiger partial charge on any atom is -0.00199 e. The fourth-order valence-corrected chi connectivity index (χ4v) is 6.14. The first-order valence-electron chi connectivity index (χ1n) is 11.9. The summed E-state index contributed by atoms with van der Waals surface area (Å²) in [5.41, 5.74) is 2.55.